The van der Waals surface area contributed by atoms with Gasteiger partial charge in [-0.05, 0) is 45.0 Å². The molecule has 0 fully saturated rings. The fourth-order valence-corrected chi connectivity index (χ4v) is 2.37. The summed E-state index contributed by atoms with van der Waals surface area (Å²) in [5.74, 6) is 1.45. The Bertz CT molecular complexity index is 708. The van der Waals surface area contributed by atoms with Crippen LogP contribution in [0.4, 0.5) is 23.1 Å². The Kier molecular flexibility index (Phi) is 6.33. The molecule has 0 aliphatic rings. The summed E-state index contributed by atoms with van der Waals surface area (Å²) < 4.78 is 0. The molecule has 0 bridgehead atoms. The summed E-state index contributed by atoms with van der Waals surface area (Å²) in [6.45, 7) is 11.7. The van der Waals surface area contributed by atoms with Gasteiger partial charge in [0, 0.05) is 42.1 Å². The van der Waals surface area contributed by atoms with Gasteiger partial charge in [0.2, 0.25) is 11.9 Å². The number of carbonyl (C=O) groups excluding carboxylic acids is 1. The standard InChI is InChI=1S/C19H27N5O/c1-6-24(7-2)17-12-14(5)20-19(23-17)22-16-10-8-15(9-11-16)21-18(25)13(3)4/h8-13H,6-7H2,1-5H3,(H,21,25)(H,20,22,23). The zero-order valence-electron chi connectivity index (χ0n) is 15.6. The smallest absolute Gasteiger partial charge is 0.229 e. The molecule has 0 aliphatic heterocycles. The van der Waals surface area contributed by atoms with E-state index in [-0.39, 0.29) is 11.8 Å². The Balaban J connectivity index is 2.13. The number of rotatable bonds is 7. The van der Waals surface area contributed by atoms with E-state index in [1.807, 2.05) is 51.1 Å². The first kappa shape index (κ1) is 18.7. The van der Waals surface area contributed by atoms with Gasteiger partial charge < -0.3 is 15.5 Å². The lowest BCUT2D eigenvalue weighted by Crippen LogP contribution is -2.23. The summed E-state index contributed by atoms with van der Waals surface area (Å²) in [4.78, 5) is 23.0. The molecule has 0 atom stereocenters. The number of nitrogens with one attached hydrogen (secondary N) is 2. The predicted octanol–water partition coefficient (Wildman–Crippen LogP) is 3.97. The molecule has 0 radical (unpaired) electrons. The van der Waals surface area contributed by atoms with Crippen LogP contribution in [0.25, 0.3) is 0 Å². The van der Waals surface area contributed by atoms with Gasteiger partial charge in [-0.25, -0.2) is 4.98 Å². The highest BCUT2D eigenvalue weighted by Crippen LogP contribution is 2.20. The van der Waals surface area contributed by atoms with Gasteiger partial charge in [0.25, 0.3) is 0 Å². The number of hydrogen-bond donors (Lipinski definition) is 2. The summed E-state index contributed by atoms with van der Waals surface area (Å²) >= 11 is 0. The highest BCUT2D eigenvalue weighted by Gasteiger charge is 2.09. The Morgan fingerprint density at radius 2 is 1.68 bits per heavy atom. The second kappa shape index (κ2) is 8.46. The number of aromatic nitrogens is 2. The molecule has 1 aromatic carbocycles. The van der Waals surface area contributed by atoms with Crippen molar-refractivity contribution < 1.29 is 4.79 Å². The monoisotopic (exact) mass is 341 g/mol. The molecule has 0 saturated heterocycles. The lowest BCUT2D eigenvalue weighted by atomic mass is 10.2. The maximum absolute atomic E-state index is 11.7. The number of aryl methyl sites for hydroxylation is 1. The first-order valence-corrected chi connectivity index (χ1v) is 8.71. The lowest BCUT2D eigenvalue weighted by molar-refractivity contribution is -0.118. The summed E-state index contributed by atoms with van der Waals surface area (Å²) in [5, 5.41) is 6.11. The van der Waals surface area contributed by atoms with Crippen LogP contribution < -0.4 is 15.5 Å². The van der Waals surface area contributed by atoms with Crippen molar-refractivity contribution in [2.75, 3.05) is 28.6 Å². The molecule has 0 aliphatic carbocycles. The molecule has 0 saturated carbocycles. The molecule has 134 valence electrons. The van der Waals surface area contributed by atoms with Crippen LogP contribution in [0.15, 0.2) is 30.3 Å². The normalized spacial score (nSPS) is 10.6. The van der Waals surface area contributed by atoms with E-state index in [4.69, 9.17) is 0 Å². The minimum absolute atomic E-state index is 0.00610. The molecule has 1 amide bonds. The van der Waals surface area contributed by atoms with E-state index < -0.39 is 0 Å². The van der Waals surface area contributed by atoms with Gasteiger partial charge >= 0.3 is 0 Å². The van der Waals surface area contributed by atoms with Gasteiger partial charge in [-0.2, -0.15) is 4.98 Å². The number of hydrogen-bond acceptors (Lipinski definition) is 5. The predicted molar refractivity (Wildman–Crippen MR) is 104 cm³/mol. The van der Waals surface area contributed by atoms with Gasteiger partial charge in [-0.3, -0.25) is 4.79 Å². The Labute approximate surface area is 149 Å². The number of benzene rings is 1. The number of nitrogens with zero attached hydrogens (tertiary/aromatic N) is 3. The summed E-state index contributed by atoms with van der Waals surface area (Å²) in [7, 11) is 0. The minimum Gasteiger partial charge on any atom is -0.357 e. The van der Waals surface area contributed by atoms with Crippen LogP contribution in [-0.4, -0.2) is 29.0 Å². The molecule has 0 unspecified atom stereocenters. The molecule has 2 aromatic rings. The largest absolute Gasteiger partial charge is 0.357 e. The van der Waals surface area contributed by atoms with Crippen LogP contribution in [0.3, 0.4) is 0 Å². The fraction of sp³-hybridized carbons (Fsp3) is 0.421. The van der Waals surface area contributed by atoms with E-state index in [1.165, 1.54) is 0 Å². The second-order valence-electron chi connectivity index (χ2n) is 6.21. The summed E-state index contributed by atoms with van der Waals surface area (Å²) in [5.41, 5.74) is 2.57. The van der Waals surface area contributed by atoms with Crippen molar-refractivity contribution in [3.63, 3.8) is 0 Å². The van der Waals surface area contributed by atoms with E-state index >= 15 is 0 Å². The van der Waals surface area contributed by atoms with E-state index in [1.54, 1.807) is 0 Å². The van der Waals surface area contributed by atoms with Crippen LogP contribution in [0, 0.1) is 12.8 Å². The van der Waals surface area contributed by atoms with Crippen molar-refractivity contribution >= 4 is 29.0 Å². The quantitative estimate of drug-likeness (QED) is 0.797. The first-order valence-electron chi connectivity index (χ1n) is 8.71. The van der Waals surface area contributed by atoms with Crippen molar-refractivity contribution in [1.29, 1.82) is 0 Å². The third-order valence-corrected chi connectivity index (χ3v) is 3.86. The molecule has 1 aromatic heterocycles. The Morgan fingerprint density at radius 1 is 1.08 bits per heavy atom. The molecular formula is C19H27N5O. The number of amides is 1. The molecule has 25 heavy (non-hydrogen) atoms. The molecule has 6 nitrogen and oxygen atoms in total. The third kappa shape index (κ3) is 5.17. The van der Waals surface area contributed by atoms with E-state index in [2.05, 4.69) is 39.3 Å². The molecule has 6 heteroatoms. The average molecular weight is 341 g/mol. The topological polar surface area (TPSA) is 70.2 Å². The van der Waals surface area contributed by atoms with Gasteiger partial charge in [-0.1, -0.05) is 13.8 Å². The molecule has 2 N–H and O–H groups in total. The van der Waals surface area contributed by atoms with E-state index in [0.717, 1.165) is 36.0 Å². The van der Waals surface area contributed by atoms with E-state index in [9.17, 15) is 4.79 Å². The first-order chi connectivity index (χ1) is 11.9. The van der Waals surface area contributed by atoms with Crippen LogP contribution in [0.5, 0.6) is 0 Å². The summed E-state index contributed by atoms with van der Waals surface area (Å²) in [6.07, 6.45) is 0. The average Bonchev–Trinajstić information content (AvgIpc) is 2.57. The molecule has 1 heterocycles. The van der Waals surface area contributed by atoms with Crippen molar-refractivity contribution in [3.05, 3.63) is 36.0 Å². The highest BCUT2D eigenvalue weighted by molar-refractivity contribution is 5.92. The maximum atomic E-state index is 11.7. The highest BCUT2D eigenvalue weighted by atomic mass is 16.1. The lowest BCUT2D eigenvalue weighted by Gasteiger charge is -2.20. The minimum atomic E-state index is -0.0445. The van der Waals surface area contributed by atoms with Crippen molar-refractivity contribution in [3.8, 4) is 0 Å². The van der Waals surface area contributed by atoms with Crippen molar-refractivity contribution in [1.82, 2.24) is 9.97 Å². The molecular weight excluding hydrogens is 314 g/mol. The van der Waals surface area contributed by atoms with Crippen LogP contribution >= 0.6 is 0 Å². The SMILES string of the molecule is CCN(CC)c1cc(C)nc(Nc2ccc(NC(=O)C(C)C)cc2)n1. The van der Waals surface area contributed by atoms with Crippen LogP contribution in [-0.2, 0) is 4.79 Å². The number of carbonyl (C=O) groups is 1. The Hall–Kier alpha value is -2.63. The maximum Gasteiger partial charge on any atom is 0.229 e. The number of anilines is 4. The zero-order valence-corrected chi connectivity index (χ0v) is 15.6. The van der Waals surface area contributed by atoms with Gasteiger partial charge in [-0.15, -0.1) is 0 Å². The fourth-order valence-electron chi connectivity index (χ4n) is 2.37. The van der Waals surface area contributed by atoms with Crippen molar-refractivity contribution in [2.24, 2.45) is 5.92 Å². The second-order valence-corrected chi connectivity index (χ2v) is 6.21. The molecule has 2 rings (SSSR count). The van der Waals surface area contributed by atoms with E-state index in [0.29, 0.717) is 5.95 Å². The van der Waals surface area contributed by atoms with Crippen molar-refractivity contribution in [2.45, 2.75) is 34.6 Å². The van der Waals surface area contributed by atoms with Crippen LogP contribution in [0.1, 0.15) is 33.4 Å². The van der Waals surface area contributed by atoms with Gasteiger partial charge in [0.15, 0.2) is 0 Å². The zero-order chi connectivity index (χ0) is 18.4. The van der Waals surface area contributed by atoms with Gasteiger partial charge in [0.05, 0.1) is 0 Å². The van der Waals surface area contributed by atoms with Gasteiger partial charge in [0.1, 0.15) is 5.82 Å². The van der Waals surface area contributed by atoms with Crippen LogP contribution in [0.2, 0.25) is 0 Å². The summed E-state index contributed by atoms with van der Waals surface area (Å²) in [6, 6.07) is 9.52. The molecule has 0 spiro atoms. The third-order valence-electron chi connectivity index (χ3n) is 3.86. The Morgan fingerprint density at radius 3 is 2.24 bits per heavy atom.